The lowest BCUT2D eigenvalue weighted by atomic mass is 10.1. The van der Waals surface area contributed by atoms with Gasteiger partial charge in [-0.15, -0.1) is 0 Å². The lowest BCUT2D eigenvalue weighted by Crippen LogP contribution is -2.05. The Labute approximate surface area is 73.6 Å². The third kappa shape index (κ3) is 2.03. The summed E-state index contributed by atoms with van der Waals surface area (Å²) in [6, 6.07) is 3.97. The Hall–Kier alpha value is -0.930. The molecule has 0 aliphatic rings. The molecule has 1 aromatic rings. The van der Waals surface area contributed by atoms with Gasteiger partial charge in [0.25, 0.3) is 0 Å². The van der Waals surface area contributed by atoms with Crippen molar-refractivity contribution in [1.82, 2.24) is 0 Å². The largest absolute Gasteiger partial charge is 0.378 e. The van der Waals surface area contributed by atoms with E-state index in [0.717, 1.165) is 0 Å². The van der Waals surface area contributed by atoms with E-state index in [0.29, 0.717) is 5.02 Å². The van der Waals surface area contributed by atoms with Gasteiger partial charge in [-0.05, 0) is 17.7 Å². The molecule has 1 aromatic carbocycles. The van der Waals surface area contributed by atoms with Gasteiger partial charge < -0.3 is 5.11 Å². The topological polar surface area (TPSA) is 37.3 Å². The van der Waals surface area contributed by atoms with E-state index in [1.54, 1.807) is 0 Å². The van der Waals surface area contributed by atoms with Crippen molar-refractivity contribution in [2.75, 3.05) is 0 Å². The van der Waals surface area contributed by atoms with E-state index in [-0.39, 0.29) is 5.56 Å². The molecule has 0 unspecified atom stereocenters. The van der Waals surface area contributed by atoms with Crippen LogP contribution in [0.3, 0.4) is 0 Å². The average molecular weight is 189 g/mol. The molecule has 0 aliphatic carbocycles. The Kier molecular flexibility index (Phi) is 2.78. The van der Waals surface area contributed by atoms with Crippen molar-refractivity contribution in [3.05, 3.63) is 34.9 Å². The SMILES string of the molecule is O=C(F)[C@@H](O)c1ccc(Cl)cc1. The molecule has 0 saturated heterocycles. The fourth-order valence-electron chi connectivity index (χ4n) is 0.776. The van der Waals surface area contributed by atoms with E-state index in [2.05, 4.69) is 0 Å². The standard InChI is InChI=1S/C8H6ClFO2/c9-6-3-1-5(2-4-6)7(11)8(10)12/h1-4,7,11H/t7-/m0/s1. The normalized spacial score (nSPS) is 12.6. The van der Waals surface area contributed by atoms with Gasteiger partial charge in [-0.1, -0.05) is 23.7 Å². The molecule has 0 spiro atoms. The van der Waals surface area contributed by atoms with Crippen LogP contribution in [0.1, 0.15) is 11.7 Å². The average Bonchev–Trinajstić information content (AvgIpc) is 2.04. The summed E-state index contributed by atoms with van der Waals surface area (Å²) in [6.07, 6.45) is -1.69. The summed E-state index contributed by atoms with van der Waals surface area (Å²) in [5, 5.41) is 9.39. The summed E-state index contributed by atoms with van der Waals surface area (Å²) in [4.78, 5) is 10.1. The molecule has 1 rings (SSSR count). The van der Waals surface area contributed by atoms with Gasteiger partial charge in [-0.2, -0.15) is 4.39 Å². The number of carbonyl (C=O) groups is 1. The van der Waals surface area contributed by atoms with Gasteiger partial charge in [-0.3, -0.25) is 4.79 Å². The van der Waals surface area contributed by atoms with Crippen molar-refractivity contribution in [2.24, 2.45) is 0 Å². The second-order valence-corrected chi connectivity index (χ2v) is 2.69. The maximum absolute atomic E-state index is 12.0. The van der Waals surface area contributed by atoms with Crippen LogP contribution >= 0.6 is 11.6 Å². The zero-order valence-electron chi connectivity index (χ0n) is 6.00. The second-order valence-electron chi connectivity index (χ2n) is 2.26. The van der Waals surface area contributed by atoms with E-state index in [9.17, 15) is 9.18 Å². The first kappa shape index (κ1) is 9.16. The van der Waals surface area contributed by atoms with Crippen LogP contribution in [-0.4, -0.2) is 11.1 Å². The van der Waals surface area contributed by atoms with E-state index >= 15 is 0 Å². The maximum atomic E-state index is 12.0. The first-order valence-electron chi connectivity index (χ1n) is 3.24. The van der Waals surface area contributed by atoms with Crippen LogP contribution in [0.2, 0.25) is 5.02 Å². The number of hydrogen-bond acceptors (Lipinski definition) is 2. The Bertz CT molecular complexity index is 284. The van der Waals surface area contributed by atoms with Crippen LogP contribution in [0.15, 0.2) is 24.3 Å². The molecule has 64 valence electrons. The highest BCUT2D eigenvalue weighted by molar-refractivity contribution is 6.30. The van der Waals surface area contributed by atoms with Crippen LogP contribution in [0.5, 0.6) is 0 Å². The fraction of sp³-hybridized carbons (Fsp3) is 0.125. The van der Waals surface area contributed by atoms with Crippen molar-refractivity contribution < 1.29 is 14.3 Å². The maximum Gasteiger partial charge on any atom is 0.334 e. The molecular weight excluding hydrogens is 183 g/mol. The summed E-state index contributed by atoms with van der Waals surface area (Å²) in [5.41, 5.74) is 0.201. The number of carbonyl (C=O) groups excluding carboxylic acids is 1. The lowest BCUT2D eigenvalue weighted by Gasteiger charge is -2.03. The zero-order valence-corrected chi connectivity index (χ0v) is 6.75. The quantitative estimate of drug-likeness (QED) is 0.720. The predicted octanol–water partition coefficient (Wildman–Crippen LogP) is 1.87. The number of halogens is 2. The van der Waals surface area contributed by atoms with Gasteiger partial charge in [-0.25, -0.2) is 0 Å². The summed E-state index contributed by atoms with van der Waals surface area (Å²) in [6.45, 7) is 0. The Morgan fingerprint density at radius 3 is 2.33 bits per heavy atom. The number of benzene rings is 1. The van der Waals surface area contributed by atoms with Crippen LogP contribution in [0, 0.1) is 0 Å². The van der Waals surface area contributed by atoms with Crippen LogP contribution in [0.25, 0.3) is 0 Å². The molecular formula is C8H6ClFO2. The molecule has 0 amide bonds. The van der Waals surface area contributed by atoms with Gasteiger partial charge in [0.05, 0.1) is 0 Å². The van der Waals surface area contributed by atoms with Gasteiger partial charge >= 0.3 is 6.04 Å². The monoisotopic (exact) mass is 188 g/mol. The number of aliphatic hydroxyl groups is 1. The minimum Gasteiger partial charge on any atom is -0.378 e. The fourth-order valence-corrected chi connectivity index (χ4v) is 0.902. The number of hydrogen-bond donors (Lipinski definition) is 1. The van der Waals surface area contributed by atoms with Gasteiger partial charge in [0, 0.05) is 5.02 Å². The molecule has 1 atom stereocenters. The molecule has 0 bridgehead atoms. The minimum absolute atomic E-state index is 0.201. The van der Waals surface area contributed by atoms with Crippen molar-refractivity contribution >= 4 is 17.6 Å². The van der Waals surface area contributed by atoms with Gasteiger partial charge in [0.1, 0.15) is 0 Å². The third-order valence-electron chi connectivity index (χ3n) is 1.40. The smallest absolute Gasteiger partial charge is 0.334 e. The molecule has 0 aromatic heterocycles. The first-order chi connectivity index (χ1) is 5.61. The van der Waals surface area contributed by atoms with Crippen molar-refractivity contribution in [1.29, 1.82) is 0 Å². The third-order valence-corrected chi connectivity index (χ3v) is 1.65. The minimum atomic E-state index is -1.77. The molecule has 0 saturated carbocycles. The van der Waals surface area contributed by atoms with Gasteiger partial charge in [0.2, 0.25) is 0 Å². The first-order valence-corrected chi connectivity index (χ1v) is 3.62. The van der Waals surface area contributed by atoms with Crippen LogP contribution in [-0.2, 0) is 4.79 Å². The Morgan fingerprint density at radius 1 is 1.42 bits per heavy atom. The van der Waals surface area contributed by atoms with Crippen molar-refractivity contribution in [3.63, 3.8) is 0 Å². The summed E-state index contributed by atoms with van der Waals surface area (Å²) in [7, 11) is 0. The molecule has 0 fully saturated rings. The molecule has 0 radical (unpaired) electrons. The lowest BCUT2D eigenvalue weighted by molar-refractivity contribution is -0.138. The predicted molar refractivity (Wildman–Crippen MR) is 42.5 cm³/mol. The van der Waals surface area contributed by atoms with E-state index in [4.69, 9.17) is 16.7 Å². The highest BCUT2D eigenvalue weighted by Crippen LogP contribution is 2.17. The zero-order chi connectivity index (χ0) is 9.14. The summed E-state index contributed by atoms with van der Waals surface area (Å²) < 4.78 is 12.0. The van der Waals surface area contributed by atoms with E-state index < -0.39 is 12.1 Å². The molecule has 2 nitrogen and oxygen atoms in total. The molecule has 4 heteroatoms. The van der Waals surface area contributed by atoms with E-state index in [1.165, 1.54) is 24.3 Å². The Morgan fingerprint density at radius 2 is 1.92 bits per heavy atom. The summed E-state index contributed by atoms with van der Waals surface area (Å²) >= 11 is 5.54. The highest BCUT2D eigenvalue weighted by atomic mass is 35.5. The van der Waals surface area contributed by atoms with Gasteiger partial charge in [0.15, 0.2) is 6.10 Å². The Balaban J connectivity index is 2.89. The van der Waals surface area contributed by atoms with E-state index in [1.807, 2.05) is 0 Å². The second kappa shape index (κ2) is 3.65. The van der Waals surface area contributed by atoms with Crippen molar-refractivity contribution in [2.45, 2.75) is 6.10 Å². The molecule has 0 heterocycles. The highest BCUT2D eigenvalue weighted by Gasteiger charge is 2.15. The number of rotatable bonds is 2. The molecule has 12 heavy (non-hydrogen) atoms. The molecule has 0 aliphatic heterocycles. The van der Waals surface area contributed by atoms with Crippen molar-refractivity contribution in [3.8, 4) is 0 Å². The number of aliphatic hydroxyl groups excluding tert-OH is 1. The van der Waals surface area contributed by atoms with Crippen LogP contribution < -0.4 is 0 Å². The molecule has 1 N–H and O–H groups in total. The van der Waals surface area contributed by atoms with Crippen LogP contribution in [0.4, 0.5) is 4.39 Å². The summed E-state index contributed by atoms with van der Waals surface area (Å²) in [5.74, 6) is 0.